The minimum absolute atomic E-state index is 0.106. The van der Waals surface area contributed by atoms with E-state index in [4.69, 9.17) is 0 Å². The maximum atomic E-state index is 12.1. The molecule has 2 saturated carbocycles. The number of hydrogen-bond donors (Lipinski definition) is 1. The first-order valence-electron chi connectivity index (χ1n) is 8.37. The van der Waals surface area contributed by atoms with Crippen molar-refractivity contribution in [2.24, 2.45) is 22.9 Å². The van der Waals surface area contributed by atoms with E-state index in [0.717, 1.165) is 11.8 Å². The van der Waals surface area contributed by atoms with Gasteiger partial charge in [-0.15, -0.1) is 0 Å². The number of amides is 1. The van der Waals surface area contributed by atoms with Gasteiger partial charge in [-0.3, -0.25) is 4.79 Å². The van der Waals surface area contributed by atoms with Crippen molar-refractivity contribution >= 4 is 12.1 Å². The van der Waals surface area contributed by atoms with Gasteiger partial charge in [-0.2, -0.15) is 5.10 Å². The Kier molecular flexibility index (Phi) is 4.07. The van der Waals surface area contributed by atoms with Gasteiger partial charge in [0.25, 0.3) is 5.91 Å². The fraction of sp³-hybridized carbons (Fsp3) is 0.579. The Morgan fingerprint density at radius 2 is 1.91 bits per heavy atom. The van der Waals surface area contributed by atoms with Gasteiger partial charge in [0.15, 0.2) is 0 Å². The summed E-state index contributed by atoms with van der Waals surface area (Å²) < 4.78 is 0. The maximum Gasteiger partial charge on any atom is 0.271 e. The average molecular weight is 298 g/mol. The highest BCUT2D eigenvalue weighted by Crippen LogP contribution is 2.47. The van der Waals surface area contributed by atoms with E-state index in [1.807, 2.05) is 30.5 Å². The van der Waals surface area contributed by atoms with Crippen molar-refractivity contribution in [3.05, 3.63) is 35.4 Å². The SMILES string of the molecule is CC(C)(C)c1ccc(C(=O)N/N=C\[C@H]2C[C@H]3CC[C@@H]2C3)cc1. The van der Waals surface area contributed by atoms with Crippen molar-refractivity contribution in [3.8, 4) is 0 Å². The Hall–Kier alpha value is -1.64. The quantitative estimate of drug-likeness (QED) is 0.661. The van der Waals surface area contributed by atoms with Crippen molar-refractivity contribution in [1.29, 1.82) is 0 Å². The van der Waals surface area contributed by atoms with E-state index >= 15 is 0 Å². The number of hydrogen-bond acceptors (Lipinski definition) is 2. The smallest absolute Gasteiger partial charge is 0.267 e. The third-order valence-corrected chi connectivity index (χ3v) is 5.24. The van der Waals surface area contributed by atoms with Gasteiger partial charge in [-0.25, -0.2) is 5.43 Å². The van der Waals surface area contributed by atoms with Crippen molar-refractivity contribution < 1.29 is 4.79 Å². The Bertz CT molecular complexity index is 568. The number of carbonyl (C=O) groups excluding carboxylic acids is 1. The van der Waals surface area contributed by atoms with E-state index in [9.17, 15) is 4.79 Å². The fourth-order valence-corrected chi connectivity index (χ4v) is 3.85. The van der Waals surface area contributed by atoms with Crippen molar-refractivity contribution in [3.63, 3.8) is 0 Å². The first-order valence-corrected chi connectivity index (χ1v) is 8.37. The molecule has 3 atom stereocenters. The topological polar surface area (TPSA) is 41.5 Å². The zero-order chi connectivity index (χ0) is 15.7. The van der Waals surface area contributed by atoms with Crippen LogP contribution in [-0.2, 0) is 5.41 Å². The summed E-state index contributed by atoms with van der Waals surface area (Å²) in [6.45, 7) is 6.51. The summed E-state index contributed by atoms with van der Waals surface area (Å²) in [5, 5.41) is 4.20. The lowest BCUT2D eigenvalue weighted by atomic mass is 9.87. The van der Waals surface area contributed by atoms with Gasteiger partial charge in [0.05, 0.1) is 0 Å². The molecular weight excluding hydrogens is 272 g/mol. The Balaban J connectivity index is 1.56. The number of rotatable bonds is 3. The van der Waals surface area contributed by atoms with E-state index in [-0.39, 0.29) is 11.3 Å². The van der Waals surface area contributed by atoms with E-state index in [1.54, 1.807) is 0 Å². The largest absolute Gasteiger partial charge is 0.271 e. The second kappa shape index (κ2) is 5.86. The van der Waals surface area contributed by atoms with Crippen LogP contribution in [-0.4, -0.2) is 12.1 Å². The van der Waals surface area contributed by atoms with Gasteiger partial charge < -0.3 is 0 Å². The predicted octanol–water partition coefficient (Wildman–Crippen LogP) is 4.14. The molecule has 1 aromatic carbocycles. The summed E-state index contributed by atoms with van der Waals surface area (Å²) in [7, 11) is 0. The summed E-state index contributed by atoms with van der Waals surface area (Å²) in [6.07, 6.45) is 7.31. The lowest BCUT2D eigenvalue weighted by molar-refractivity contribution is 0.0954. The number of hydrazone groups is 1. The zero-order valence-electron chi connectivity index (χ0n) is 13.8. The van der Waals surface area contributed by atoms with Gasteiger partial charge in [-0.1, -0.05) is 39.3 Å². The monoisotopic (exact) mass is 298 g/mol. The number of nitrogens with one attached hydrogen (secondary N) is 1. The van der Waals surface area contributed by atoms with Crippen LogP contribution in [0.1, 0.15) is 62.4 Å². The van der Waals surface area contributed by atoms with Crippen LogP contribution in [0.3, 0.4) is 0 Å². The number of fused-ring (bicyclic) bond motifs is 2. The molecule has 3 nitrogen and oxygen atoms in total. The maximum absolute atomic E-state index is 12.1. The third kappa shape index (κ3) is 3.23. The summed E-state index contributed by atoms with van der Waals surface area (Å²) in [5.41, 5.74) is 4.68. The molecule has 1 N–H and O–H groups in total. The number of benzene rings is 1. The average Bonchev–Trinajstić information content (AvgIpc) is 3.09. The molecule has 1 aromatic rings. The molecule has 3 rings (SSSR count). The molecule has 0 aliphatic heterocycles. The predicted molar refractivity (Wildman–Crippen MR) is 90.0 cm³/mol. The molecule has 0 aromatic heterocycles. The van der Waals surface area contributed by atoms with Crippen molar-refractivity contribution in [2.75, 3.05) is 0 Å². The standard InChI is InChI=1S/C19H26N2O/c1-19(2,3)17-8-6-14(7-9-17)18(22)21-20-12-16-11-13-4-5-15(16)10-13/h6-9,12-13,15-16H,4-5,10-11H2,1-3H3,(H,21,22)/b20-12-/t13-,15+,16+/m0/s1. The molecule has 0 spiro atoms. The lowest BCUT2D eigenvalue weighted by Crippen LogP contribution is -2.20. The van der Waals surface area contributed by atoms with Gasteiger partial charge in [0, 0.05) is 11.8 Å². The lowest BCUT2D eigenvalue weighted by Gasteiger charge is -2.19. The zero-order valence-corrected chi connectivity index (χ0v) is 13.8. The molecule has 2 aliphatic carbocycles. The molecule has 22 heavy (non-hydrogen) atoms. The molecule has 1 amide bonds. The van der Waals surface area contributed by atoms with Crippen molar-refractivity contribution in [2.45, 2.75) is 51.9 Å². The summed E-state index contributed by atoms with van der Waals surface area (Å²) in [5.74, 6) is 2.15. The van der Waals surface area contributed by atoms with Crippen LogP contribution in [0.25, 0.3) is 0 Å². The van der Waals surface area contributed by atoms with Crippen LogP contribution in [0.15, 0.2) is 29.4 Å². The Morgan fingerprint density at radius 3 is 2.45 bits per heavy atom. The van der Waals surface area contributed by atoms with Crippen molar-refractivity contribution in [1.82, 2.24) is 5.43 Å². The van der Waals surface area contributed by atoms with Gasteiger partial charge in [-0.05, 0) is 60.1 Å². The highest BCUT2D eigenvalue weighted by molar-refractivity contribution is 5.94. The van der Waals surface area contributed by atoms with Crippen LogP contribution < -0.4 is 5.43 Å². The van der Waals surface area contributed by atoms with Crippen LogP contribution in [0, 0.1) is 17.8 Å². The van der Waals surface area contributed by atoms with Crippen LogP contribution in [0.2, 0.25) is 0 Å². The molecule has 2 fully saturated rings. The molecule has 118 valence electrons. The van der Waals surface area contributed by atoms with Gasteiger partial charge >= 0.3 is 0 Å². The molecule has 0 heterocycles. The minimum Gasteiger partial charge on any atom is -0.267 e. The highest BCUT2D eigenvalue weighted by Gasteiger charge is 2.38. The van der Waals surface area contributed by atoms with E-state index in [1.165, 1.54) is 31.2 Å². The molecule has 0 radical (unpaired) electrons. The van der Waals surface area contributed by atoms with Crippen LogP contribution in [0.4, 0.5) is 0 Å². The van der Waals surface area contributed by atoms with E-state index in [0.29, 0.717) is 11.5 Å². The number of nitrogens with zero attached hydrogens (tertiary/aromatic N) is 1. The fourth-order valence-electron chi connectivity index (χ4n) is 3.85. The van der Waals surface area contributed by atoms with E-state index in [2.05, 4.69) is 31.3 Å². The first kappa shape index (κ1) is 15.3. The molecule has 3 heteroatoms. The summed E-state index contributed by atoms with van der Waals surface area (Å²) in [6, 6.07) is 7.80. The normalized spacial score (nSPS) is 27.5. The molecule has 0 unspecified atom stereocenters. The Morgan fingerprint density at radius 1 is 1.18 bits per heavy atom. The summed E-state index contributed by atoms with van der Waals surface area (Å²) >= 11 is 0. The molecule has 2 aliphatic rings. The second-order valence-corrected chi connectivity index (χ2v) is 7.89. The molecule has 0 saturated heterocycles. The molecular formula is C19H26N2O. The van der Waals surface area contributed by atoms with Gasteiger partial charge in [0.2, 0.25) is 0 Å². The Labute approximate surface area is 133 Å². The minimum atomic E-state index is -0.125. The first-order chi connectivity index (χ1) is 10.4. The second-order valence-electron chi connectivity index (χ2n) is 7.89. The van der Waals surface area contributed by atoms with Crippen LogP contribution in [0.5, 0.6) is 0 Å². The van der Waals surface area contributed by atoms with Gasteiger partial charge in [0.1, 0.15) is 0 Å². The molecule has 2 bridgehead atoms. The van der Waals surface area contributed by atoms with E-state index < -0.39 is 0 Å². The van der Waals surface area contributed by atoms with Crippen LogP contribution >= 0.6 is 0 Å². The highest BCUT2D eigenvalue weighted by atomic mass is 16.2. The third-order valence-electron chi connectivity index (χ3n) is 5.24. The number of carbonyl (C=O) groups is 1. The summed E-state index contributed by atoms with van der Waals surface area (Å²) in [4.78, 5) is 12.1.